The molecular weight excluding hydrogens is 937 g/mol. The molecule has 10 nitrogen and oxygen atoms in total. The minimum atomic E-state index is -0.383. The topological polar surface area (TPSA) is 91.4 Å². The number of rotatable bonds is 21. The normalized spacial score (nSPS) is 11.4. The van der Waals surface area contributed by atoms with Gasteiger partial charge in [0.25, 0.3) is 0 Å². The van der Waals surface area contributed by atoms with Crippen molar-refractivity contribution in [2.45, 2.75) is 55.4 Å². The van der Waals surface area contributed by atoms with Crippen molar-refractivity contribution in [2.24, 2.45) is 0 Å². The number of nitrogens with zero attached hydrogens (tertiary/aromatic N) is 4. The summed E-state index contributed by atoms with van der Waals surface area (Å²) in [5.74, 6) is 1.89. The Labute approximate surface area is 432 Å². The van der Waals surface area contributed by atoms with Gasteiger partial charge in [0.05, 0.1) is 23.3 Å². The standard InChI is InChI=1S/C60H68N4O6S2/c1-9-61(10-2)41-25-29-49-53(37-41)69-54-38-42(62(11-3)12-4)26-30-50(54)57(49)45-21-17-19-23-47(45)59(65)67-33-35-71-72-36-34-68-60(66)48-24-20-18-22-46(48)58-51-31-27-43(63(13-5)14-6)39-55(51)70-56-40-44(28-32-52(56)58)64(15-7)16-8/h17-32,37-40H,9-16,33-36H2,1-8H3/q+2. The van der Waals surface area contributed by atoms with E-state index in [1.165, 1.54) is 0 Å². The molecular formula is C60H68N4O6S2+2. The van der Waals surface area contributed by atoms with Gasteiger partial charge >= 0.3 is 11.9 Å². The van der Waals surface area contributed by atoms with Crippen LogP contribution in [0.1, 0.15) is 76.1 Å². The molecule has 2 aliphatic carbocycles. The van der Waals surface area contributed by atoms with E-state index in [1.54, 1.807) is 21.6 Å². The van der Waals surface area contributed by atoms with E-state index in [1.807, 2.05) is 48.5 Å². The number of esters is 2. The van der Waals surface area contributed by atoms with Gasteiger partial charge in [-0.25, -0.2) is 18.7 Å². The number of carbonyl (C=O) groups is 2. The van der Waals surface area contributed by atoms with Crippen LogP contribution < -0.4 is 29.7 Å². The highest BCUT2D eigenvalue weighted by Crippen LogP contribution is 2.44. The van der Waals surface area contributed by atoms with Crippen molar-refractivity contribution in [2.75, 3.05) is 86.9 Å². The predicted octanol–water partition coefficient (Wildman–Crippen LogP) is 12.4. The molecule has 0 spiro atoms. The molecule has 0 saturated carbocycles. The average molecular weight is 1010 g/mol. The van der Waals surface area contributed by atoms with E-state index >= 15 is 0 Å². The number of fused-ring (bicyclic) bond motifs is 4. The zero-order valence-corrected chi connectivity index (χ0v) is 44.7. The van der Waals surface area contributed by atoms with E-state index in [9.17, 15) is 9.59 Å². The Kier molecular flexibility index (Phi) is 17.5. The lowest BCUT2D eigenvalue weighted by atomic mass is 9.90. The maximum Gasteiger partial charge on any atom is 0.338 e. The van der Waals surface area contributed by atoms with Crippen molar-refractivity contribution < 1.29 is 27.9 Å². The average Bonchev–Trinajstić information content (AvgIpc) is 3.41. The van der Waals surface area contributed by atoms with E-state index in [0.717, 1.165) is 141 Å². The second-order valence-corrected chi connectivity index (χ2v) is 20.1. The number of benzene rings is 6. The van der Waals surface area contributed by atoms with Crippen molar-refractivity contribution in [1.82, 2.24) is 9.15 Å². The number of hydrogen-bond acceptors (Lipinski definition) is 10. The van der Waals surface area contributed by atoms with Gasteiger partial charge in [-0.3, -0.25) is 0 Å². The molecule has 0 fully saturated rings. The van der Waals surface area contributed by atoms with Crippen molar-refractivity contribution in [3.63, 3.8) is 0 Å². The number of anilines is 2. The third-order valence-corrected chi connectivity index (χ3v) is 15.9. The first-order chi connectivity index (χ1) is 35.2. The Morgan fingerprint density at radius 1 is 0.472 bits per heavy atom. The first-order valence-electron chi connectivity index (χ1n) is 25.6. The summed E-state index contributed by atoms with van der Waals surface area (Å²) >= 11 is 0. The Balaban J connectivity index is 0.950. The van der Waals surface area contributed by atoms with Crippen LogP contribution in [-0.2, 0) is 9.47 Å². The molecule has 0 amide bonds. The minimum absolute atomic E-state index is 0.224. The largest absolute Gasteiger partial charge is 0.461 e. The Morgan fingerprint density at radius 2 is 0.861 bits per heavy atom. The molecule has 0 saturated heterocycles. The zero-order chi connectivity index (χ0) is 50.7. The highest BCUT2D eigenvalue weighted by atomic mass is 33.1. The molecule has 0 N–H and O–H groups in total. The van der Waals surface area contributed by atoms with E-state index in [0.29, 0.717) is 22.6 Å². The Morgan fingerprint density at radius 3 is 1.24 bits per heavy atom. The van der Waals surface area contributed by atoms with E-state index in [-0.39, 0.29) is 25.2 Å². The molecule has 4 aliphatic rings. The maximum atomic E-state index is 14.0. The lowest BCUT2D eigenvalue weighted by Crippen LogP contribution is -2.29. The number of hydrogen-bond donors (Lipinski definition) is 0. The van der Waals surface area contributed by atoms with Gasteiger partial charge in [-0.2, -0.15) is 0 Å². The smallest absolute Gasteiger partial charge is 0.338 e. The SMILES string of the molecule is CCN(CC)c1ccc2c(-c3ccccc3C(=O)OCCSSCCOC(=O)c3ccccc3-c3c4ccc(=[N+](CC)CC)cc-4oc4cc(N(CC)CC)ccc34)c3ccc(=[N+](CC)CC)cc-3oc2c1. The Hall–Kier alpha value is -6.50. The summed E-state index contributed by atoms with van der Waals surface area (Å²) in [6, 6.07) is 40.8. The van der Waals surface area contributed by atoms with Gasteiger partial charge in [-0.15, -0.1) is 0 Å². The van der Waals surface area contributed by atoms with Crippen LogP contribution in [0.3, 0.4) is 0 Å². The monoisotopic (exact) mass is 1000 g/mol. The van der Waals surface area contributed by atoms with Crippen LogP contribution >= 0.6 is 21.6 Å². The summed E-state index contributed by atoms with van der Waals surface area (Å²) in [5.41, 5.74) is 10.0. The van der Waals surface area contributed by atoms with Gasteiger partial charge in [-0.05, 0) is 115 Å². The molecule has 0 radical (unpaired) electrons. The molecule has 2 heterocycles. The van der Waals surface area contributed by atoms with Gasteiger partial charge in [0.2, 0.25) is 10.7 Å². The lowest BCUT2D eigenvalue weighted by molar-refractivity contribution is 0.0521. The summed E-state index contributed by atoms with van der Waals surface area (Å²) in [6.45, 7) is 24.7. The van der Waals surface area contributed by atoms with Gasteiger partial charge in [0.15, 0.2) is 0 Å². The lowest BCUT2D eigenvalue weighted by Gasteiger charge is -2.22. The summed E-state index contributed by atoms with van der Waals surface area (Å²) in [6.07, 6.45) is 0. The molecule has 0 aromatic heterocycles. The number of ether oxygens (including phenoxy) is 2. The molecule has 0 unspecified atom stereocenters. The van der Waals surface area contributed by atoms with Crippen LogP contribution in [0.15, 0.2) is 130 Å². The summed E-state index contributed by atoms with van der Waals surface area (Å²) in [7, 11) is 3.16. The highest BCUT2D eigenvalue weighted by molar-refractivity contribution is 8.76. The van der Waals surface area contributed by atoms with Crippen LogP contribution in [-0.4, -0.2) is 89.0 Å². The minimum Gasteiger partial charge on any atom is -0.461 e. The first kappa shape index (κ1) is 51.8. The third-order valence-electron chi connectivity index (χ3n) is 13.6. The first-order valence-corrected chi connectivity index (χ1v) is 28.1. The predicted molar refractivity (Wildman–Crippen MR) is 302 cm³/mol. The van der Waals surface area contributed by atoms with E-state index < -0.39 is 0 Å². The van der Waals surface area contributed by atoms with Crippen LogP contribution in [0.5, 0.6) is 0 Å². The second kappa shape index (κ2) is 24.3. The fourth-order valence-corrected chi connectivity index (χ4v) is 11.5. The van der Waals surface area contributed by atoms with E-state index in [4.69, 9.17) is 18.3 Å². The van der Waals surface area contributed by atoms with Gasteiger partial charge < -0.3 is 28.1 Å². The molecule has 72 heavy (non-hydrogen) atoms. The second-order valence-electron chi connectivity index (χ2n) is 17.4. The molecule has 374 valence electrons. The van der Waals surface area contributed by atoms with Crippen LogP contribution in [0.4, 0.5) is 11.4 Å². The summed E-state index contributed by atoms with van der Waals surface area (Å²) in [5, 5.41) is 4.03. The van der Waals surface area contributed by atoms with Crippen molar-refractivity contribution >= 4 is 66.8 Å². The zero-order valence-electron chi connectivity index (χ0n) is 43.1. The molecule has 4 aromatic carbocycles. The third kappa shape index (κ3) is 11.0. The Bertz CT molecular complexity index is 3050. The van der Waals surface area contributed by atoms with Crippen LogP contribution in [0, 0.1) is 0 Å². The fourth-order valence-electron chi connectivity index (χ4n) is 9.83. The molecule has 0 atom stereocenters. The molecule has 0 bridgehead atoms. The summed E-state index contributed by atoms with van der Waals surface area (Å²) in [4.78, 5) is 32.5. The molecule has 2 aliphatic heterocycles. The van der Waals surface area contributed by atoms with Crippen molar-refractivity contribution in [3.05, 3.63) is 143 Å². The van der Waals surface area contributed by atoms with Crippen molar-refractivity contribution in [1.29, 1.82) is 0 Å². The molecule has 4 aromatic rings. The van der Waals surface area contributed by atoms with Crippen molar-refractivity contribution in [3.8, 4) is 44.9 Å². The highest BCUT2D eigenvalue weighted by Gasteiger charge is 2.26. The fraction of sp³-hybridized carbons (Fsp3) is 0.333. The van der Waals surface area contributed by atoms with Gasteiger partial charge in [0.1, 0.15) is 62.1 Å². The molecule has 8 rings (SSSR count). The van der Waals surface area contributed by atoms with Gasteiger partial charge in [0, 0.05) is 106 Å². The number of carbonyl (C=O) groups excluding carboxylic acids is 2. The van der Waals surface area contributed by atoms with Gasteiger partial charge in [-0.1, -0.05) is 58.0 Å². The molecule has 12 heteroatoms. The van der Waals surface area contributed by atoms with E-state index in [2.05, 4.69) is 147 Å². The quantitative estimate of drug-likeness (QED) is 0.0228. The summed E-state index contributed by atoms with van der Waals surface area (Å²) < 4.78 is 29.9. The maximum absolute atomic E-state index is 14.0. The van der Waals surface area contributed by atoms with Crippen LogP contribution in [0.25, 0.3) is 66.8 Å². The van der Waals surface area contributed by atoms with Crippen LogP contribution in [0.2, 0.25) is 0 Å².